The monoisotopic (exact) mass is 196 g/mol. The number of likely N-dealkylation sites (N-methyl/N-ethyl adjacent to an activating group) is 1. The molecular weight excluding hydrogens is 180 g/mol. The smallest absolute Gasteiger partial charge is 0.236 e. The molecule has 0 aliphatic rings. The Balaban J connectivity index is 2.18. The van der Waals surface area contributed by atoms with Crippen molar-refractivity contribution < 1.29 is 4.79 Å². The van der Waals surface area contributed by atoms with Gasteiger partial charge in [0.1, 0.15) is 5.82 Å². The first kappa shape index (κ1) is 10.7. The molecule has 1 atom stereocenters. The zero-order valence-corrected chi connectivity index (χ0v) is 8.50. The molecule has 0 bridgehead atoms. The lowest BCUT2D eigenvalue weighted by Crippen LogP contribution is -2.41. The lowest BCUT2D eigenvalue weighted by Gasteiger charge is -2.09. The second-order valence-electron chi connectivity index (χ2n) is 3.09. The summed E-state index contributed by atoms with van der Waals surface area (Å²) in [5, 5.41) is 5.68. The predicted molar refractivity (Wildman–Crippen MR) is 53.8 cm³/mol. The molecule has 0 aliphatic carbocycles. The summed E-state index contributed by atoms with van der Waals surface area (Å²) >= 11 is 0. The SMILES string of the molecule is CNC(C)C(=O)NCCc1ncc[nH]1. The molecule has 5 nitrogen and oxygen atoms in total. The topological polar surface area (TPSA) is 69.8 Å². The lowest BCUT2D eigenvalue weighted by atomic mass is 10.3. The molecule has 0 fully saturated rings. The Kier molecular flexibility index (Phi) is 4.12. The Labute approximate surface area is 83.3 Å². The Hall–Kier alpha value is -1.36. The van der Waals surface area contributed by atoms with Gasteiger partial charge in [-0.2, -0.15) is 0 Å². The van der Waals surface area contributed by atoms with Gasteiger partial charge in [0, 0.05) is 25.4 Å². The number of hydrogen-bond acceptors (Lipinski definition) is 3. The minimum atomic E-state index is -0.147. The fourth-order valence-electron chi connectivity index (χ4n) is 1.02. The highest BCUT2D eigenvalue weighted by Crippen LogP contribution is 1.88. The van der Waals surface area contributed by atoms with Gasteiger partial charge in [-0.1, -0.05) is 0 Å². The summed E-state index contributed by atoms with van der Waals surface area (Å²) < 4.78 is 0. The zero-order valence-electron chi connectivity index (χ0n) is 8.50. The van der Waals surface area contributed by atoms with Gasteiger partial charge in [0.15, 0.2) is 0 Å². The lowest BCUT2D eigenvalue weighted by molar-refractivity contribution is -0.122. The predicted octanol–water partition coefficient (Wildman–Crippen LogP) is -0.324. The second kappa shape index (κ2) is 5.39. The number of amides is 1. The standard InChI is InChI=1S/C9H16N4O/c1-7(10-2)9(14)13-4-3-8-11-5-6-12-8/h5-7,10H,3-4H2,1-2H3,(H,11,12)(H,13,14). The molecule has 1 amide bonds. The van der Waals surface area contributed by atoms with Gasteiger partial charge in [0.05, 0.1) is 6.04 Å². The van der Waals surface area contributed by atoms with Crippen molar-refractivity contribution in [2.45, 2.75) is 19.4 Å². The van der Waals surface area contributed by atoms with Gasteiger partial charge < -0.3 is 15.6 Å². The Morgan fingerprint density at radius 1 is 1.71 bits per heavy atom. The fourth-order valence-corrected chi connectivity index (χ4v) is 1.02. The summed E-state index contributed by atoms with van der Waals surface area (Å²) in [7, 11) is 1.76. The summed E-state index contributed by atoms with van der Waals surface area (Å²) in [6.45, 7) is 2.43. The molecule has 1 rings (SSSR count). The van der Waals surface area contributed by atoms with E-state index in [2.05, 4.69) is 20.6 Å². The van der Waals surface area contributed by atoms with E-state index in [9.17, 15) is 4.79 Å². The van der Waals surface area contributed by atoms with Crippen LogP contribution < -0.4 is 10.6 Å². The molecule has 0 aliphatic heterocycles. The first-order valence-corrected chi connectivity index (χ1v) is 4.67. The van der Waals surface area contributed by atoms with E-state index in [0.29, 0.717) is 6.54 Å². The van der Waals surface area contributed by atoms with Crippen molar-refractivity contribution in [3.63, 3.8) is 0 Å². The fraction of sp³-hybridized carbons (Fsp3) is 0.556. The van der Waals surface area contributed by atoms with E-state index in [1.807, 2.05) is 6.92 Å². The molecule has 1 heterocycles. The van der Waals surface area contributed by atoms with Gasteiger partial charge in [-0.05, 0) is 14.0 Å². The zero-order chi connectivity index (χ0) is 10.4. The van der Waals surface area contributed by atoms with Crippen LogP contribution in [0.4, 0.5) is 0 Å². The van der Waals surface area contributed by atoms with Crippen molar-refractivity contribution in [1.29, 1.82) is 0 Å². The number of aromatic nitrogens is 2. The van der Waals surface area contributed by atoms with E-state index in [0.717, 1.165) is 12.2 Å². The summed E-state index contributed by atoms with van der Waals surface area (Å²) in [5.41, 5.74) is 0. The molecule has 3 N–H and O–H groups in total. The van der Waals surface area contributed by atoms with E-state index < -0.39 is 0 Å². The second-order valence-corrected chi connectivity index (χ2v) is 3.09. The minimum absolute atomic E-state index is 0.0130. The molecule has 0 spiro atoms. The first-order valence-electron chi connectivity index (χ1n) is 4.67. The highest BCUT2D eigenvalue weighted by molar-refractivity contribution is 5.81. The van der Waals surface area contributed by atoms with Crippen LogP contribution in [-0.2, 0) is 11.2 Å². The van der Waals surface area contributed by atoms with Crippen LogP contribution in [0.2, 0.25) is 0 Å². The number of nitrogens with one attached hydrogen (secondary N) is 3. The van der Waals surface area contributed by atoms with Gasteiger partial charge in [0.25, 0.3) is 0 Å². The van der Waals surface area contributed by atoms with Gasteiger partial charge in [-0.15, -0.1) is 0 Å². The number of hydrogen-bond donors (Lipinski definition) is 3. The summed E-state index contributed by atoms with van der Waals surface area (Å²) in [4.78, 5) is 18.3. The third-order valence-electron chi connectivity index (χ3n) is 2.04. The number of nitrogens with zero attached hydrogens (tertiary/aromatic N) is 1. The number of H-pyrrole nitrogens is 1. The molecule has 14 heavy (non-hydrogen) atoms. The molecule has 0 saturated carbocycles. The number of rotatable bonds is 5. The summed E-state index contributed by atoms with van der Waals surface area (Å²) in [6.07, 6.45) is 4.20. The van der Waals surface area contributed by atoms with Gasteiger partial charge >= 0.3 is 0 Å². The van der Waals surface area contributed by atoms with Gasteiger partial charge in [0.2, 0.25) is 5.91 Å². The third-order valence-corrected chi connectivity index (χ3v) is 2.04. The average molecular weight is 196 g/mol. The van der Waals surface area contributed by atoms with Crippen molar-refractivity contribution in [1.82, 2.24) is 20.6 Å². The molecule has 78 valence electrons. The minimum Gasteiger partial charge on any atom is -0.354 e. The molecule has 0 radical (unpaired) electrons. The highest BCUT2D eigenvalue weighted by atomic mass is 16.2. The largest absolute Gasteiger partial charge is 0.354 e. The maximum atomic E-state index is 11.3. The highest BCUT2D eigenvalue weighted by Gasteiger charge is 2.08. The molecular formula is C9H16N4O. The van der Waals surface area contributed by atoms with Crippen molar-refractivity contribution in [2.75, 3.05) is 13.6 Å². The Morgan fingerprint density at radius 2 is 2.50 bits per heavy atom. The van der Waals surface area contributed by atoms with Crippen LogP contribution in [0, 0.1) is 0 Å². The molecule has 5 heteroatoms. The number of carbonyl (C=O) groups is 1. The Bertz CT molecular complexity index is 270. The van der Waals surface area contributed by atoms with Crippen molar-refractivity contribution >= 4 is 5.91 Å². The van der Waals surface area contributed by atoms with Gasteiger partial charge in [-0.3, -0.25) is 4.79 Å². The van der Waals surface area contributed by atoms with Crippen molar-refractivity contribution in [3.05, 3.63) is 18.2 Å². The van der Waals surface area contributed by atoms with Gasteiger partial charge in [-0.25, -0.2) is 4.98 Å². The molecule has 1 aromatic rings. The van der Waals surface area contributed by atoms with Crippen molar-refractivity contribution in [2.24, 2.45) is 0 Å². The van der Waals surface area contributed by atoms with E-state index in [-0.39, 0.29) is 11.9 Å². The summed E-state index contributed by atoms with van der Waals surface area (Å²) in [6, 6.07) is -0.147. The van der Waals surface area contributed by atoms with E-state index in [1.165, 1.54) is 0 Å². The van der Waals surface area contributed by atoms with Crippen LogP contribution in [0.5, 0.6) is 0 Å². The van der Waals surface area contributed by atoms with E-state index >= 15 is 0 Å². The maximum Gasteiger partial charge on any atom is 0.236 e. The number of carbonyl (C=O) groups excluding carboxylic acids is 1. The number of imidazole rings is 1. The third kappa shape index (κ3) is 3.18. The first-order chi connectivity index (χ1) is 6.74. The van der Waals surface area contributed by atoms with E-state index in [1.54, 1.807) is 19.4 Å². The normalized spacial score (nSPS) is 12.4. The summed E-state index contributed by atoms with van der Waals surface area (Å²) in [5.74, 6) is 0.904. The van der Waals surface area contributed by atoms with E-state index in [4.69, 9.17) is 0 Å². The van der Waals surface area contributed by atoms with Crippen LogP contribution in [-0.4, -0.2) is 35.5 Å². The maximum absolute atomic E-state index is 11.3. The van der Waals surface area contributed by atoms with Crippen molar-refractivity contribution in [3.8, 4) is 0 Å². The van der Waals surface area contributed by atoms with Crippen LogP contribution in [0.25, 0.3) is 0 Å². The average Bonchev–Trinajstić information content (AvgIpc) is 2.69. The molecule has 1 unspecified atom stereocenters. The number of aromatic amines is 1. The van der Waals surface area contributed by atoms with Crippen LogP contribution in [0.1, 0.15) is 12.7 Å². The molecule has 0 aromatic carbocycles. The molecule has 1 aromatic heterocycles. The Morgan fingerprint density at radius 3 is 3.07 bits per heavy atom. The van der Waals surface area contributed by atoms with Crippen LogP contribution >= 0.6 is 0 Å². The van der Waals surface area contributed by atoms with Crippen LogP contribution in [0.15, 0.2) is 12.4 Å². The quantitative estimate of drug-likeness (QED) is 0.604. The van der Waals surface area contributed by atoms with Crippen LogP contribution in [0.3, 0.4) is 0 Å². The molecule has 0 saturated heterocycles.